The third-order valence-electron chi connectivity index (χ3n) is 5.11. The average molecular weight is 234 g/mol. The molecule has 94 valence electrons. The van der Waals surface area contributed by atoms with Gasteiger partial charge in [0.1, 0.15) is 0 Å². The number of aliphatic hydroxyl groups is 1. The van der Waals surface area contributed by atoms with Crippen molar-refractivity contribution in [1.29, 1.82) is 0 Å². The van der Waals surface area contributed by atoms with Crippen molar-refractivity contribution < 1.29 is 9.90 Å². The number of fused-ring (bicyclic) bond motifs is 1. The topological polar surface area (TPSA) is 37.3 Å². The maximum atomic E-state index is 11.4. The van der Waals surface area contributed by atoms with Gasteiger partial charge in [-0.3, -0.25) is 4.79 Å². The Labute approximate surface area is 103 Å². The molecule has 0 amide bonds. The van der Waals surface area contributed by atoms with E-state index in [9.17, 15) is 9.90 Å². The highest BCUT2D eigenvalue weighted by molar-refractivity contribution is 5.91. The summed E-state index contributed by atoms with van der Waals surface area (Å²) in [5.74, 6) is 2.59. The standard InChI is InChI=1S/C15H22O2/c16-14-5-3-11-7-10(1-2-12(11)8-14)13-4-6-15(17)9-13/h8,10-11,13,15,17H,1-7,9H2/t10-,11-,13+,15+/m0/s1. The highest BCUT2D eigenvalue weighted by atomic mass is 16.3. The molecule has 1 N–H and O–H groups in total. The predicted octanol–water partition coefficient (Wildman–Crippen LogP) is 2.85. The lowest BCUT2D eigenvalue weighted by Gasteiger charge is -2.36. The van der Waals surface area contributed by atoms with Gasteiger partial charge in [-0.25, -0.2) is 0 Å². The van der Waals surface area contributed by atoms with Crippen molar-refractivity contribution in [3.05, 3.63) is 11.6 Å². The van der Waals surface area contributed by atoms with E-state index in [1.807, 2.05) is 6.08 Å². The molecule has 0 radical (unpaired) electrons. The van der Waals surface area contributed by atoms with E-state index >= 15 is 0 Å². The van der Waals surface area contributed by atoms with E-state index in [1.54, 1.807) is 0 Å². The van der Waals surface area contributed by atoms with Crippen LogP contribution in [0.4, 0.5) is 0 Å². The van der Waals surface area contributed by atoms with Crippen LogP contribution in [0.3, 0.4) is 0 Å². The molecule has 0 spiro atoms. The zero-order valence-corrected chi connectivity index (χ0v) is 10.4. The van der Waals surface area contributed by atoms with Crippen molar-refractivity contribution in [2.24, 2.45) is 17.8 Å². The molecular formula is C15H22O2. The van der Waals surface area contributed by atoms with E-state index in [4.69, 9.17) is 0 Å². The number of carbonyl (C=O) groups excluding carboxylic acids is 1. The highest BCUT2D eigenvalue weighted by Gasteiger charge is 2.35. The van der Waals surface area contributed by atoms with Gasteiger partial charge in [-0.2, -0.15) is 0 Å². The minimum atomic E-state index is -0.0372. The summed E-state index contributed by atoms with van der Waals surface area (Å²) in [5, 5.41) is 9.64. The Bertz CT molecular complexity index is 345. The lowest BCUT2D eigenvalue weighted by atomic mass is 9.69. The summed E-state index contributed by atoms with van der Waals surface area (Å²) in [6, 6.07) is 0. The van der Waals surface area contributed by atoms with E-state index in [0.29, 0.717) is 11.7 Å². The van der Waals surface area contributed by atoms with Crippen molar-refractivity contribution in [3.63, 3.8) is 0 Å². The van der Waals surface area contributed by atoms with Crippen molar-refractivity contribution in [1.82, 2.24) is 0 Å². The van der Waals surface area contributed by atoms with Crippen LogP contribution >= 0.6 is 0 Å². The predicted molar refractivity (Wildman–Crippen MR) is 66.5 cm³/mol. The van der Waals surface area contributed by atoms with Gasteiger partial charge in [0.05, 0.1) is 6.10 Å². The molecule has 17 heavy (non-hydrogen) atoms. The molecule has 4 atom stereocenters. The van der Waals surface area contributed by atoms with Gasteiger partial charge in [-0.1, -0.05) is 5.57 Å². The summed E-state index contributed by atoms with van der Waals surface area (Å²) < 4.78 is 0. The highest BCUT2D eigenvalue weighted by Crippen LogP contribution is 2.45. The van der Waals surface area contributed by atoms with Crippen LogP contribution in [0, 0.1) is 17.8 Å². The smallest absolute Gasteiger partial charge is 0.155 e. The summed E-state index contributed by atoms with van der Waals surface area (Å²) in [6.07, 6.45) is 10.6. The molecule has 0 aromatic carbocycles. The molecular weight excluding hydrogens is 212 g/mol. The molecule has 0 saturated heterocycles. The summed E-state index contributed by atoms with van der Waals surface area (Å²) in [7, 11) is 0. The molecule has 0 aromatic heterocycles. The van der Waals surface area contributed by atoms with E-state index in [1.165, 1.54) is 24.8 Å². The van der Waals surface area contributed by atoms with E-state index in [2.05, 4.69) is 0 Å². The third kappa shape index (κ3) is 2.33. The Kier molecular flexibility index (Phi) is 3.08. The molecule has 3 aliphatic carbocycles. The number of carbonyl (C=O) groups is 1. The molecule has 0 aliphatic heterocycles. The molecule has 3 aliphatic rings. The van der Waals surface area contributed by atoms with Crippen LogP contribution in [0.5, 0.6) is 0 Å². The summed E-state index contributed by atoms with van der Waals surface area (Å²) in [4.78, 5) is 11.4. The SMILES string of the molecule is O=C1C=C2CC[C@H]([C@@H]3CC[C@@H](O)C3)C[C@@H]2CC1. The average Bonchev–Trinajstić information content (AvgIpc) is 2.75. The number of aliphatic hydroxyl groups excluding tert-OH is 1. The Balaban J connectivity index is 1.65. The van der Waals surface area contributed by atoms with Gasteiger partial charge in [0.2, 0.25) is 0 Å². The van der Waals surface area contributed by atoms with Gasteiger partial charge < -0.3 is 5.11 Å². The quantitative estimate of drug-likeness (QED) is 0.757. The summed E-state index contributed by atoms with van der Waals surface area (Å²) >= 11 is 0. The lowest BCUT2D eigenvalue weighted by Crippen LogP contribution is -2.26. The summed E-state index contributed by atoms with van der Waals surface area (Å²) in [6.45, 7) is 0. The maximum absolute atomic E-state index is 11.4. The first-order valence-electron chi connectivity index (χ1n) is 7.13. The summed E-state index contributed by atoms with van der Waals surface area (Å²) in [5.41, 5.74) is 1.43. The molecule has 0 aromatic rings. The Morgan fingerprint density at radius 1 is 1.00 bits per heavy atom. The zero-order valence-electron chi connectivity index (χ0n) is 10.4. The Morgan fingerprint density at radius 3 is 2.59 bits per heavy atom. The molecule has 2 fully saturated rings. The van der Waals surface area contributed by atoms with Crippen LogP contribution in [0.1, 0.15) is 51.4 Å². The fourth-order valence-corrected chi connectivity index (χ4v) is 4.13. The first-order chi connectivity index (χ1) is 8.22. The number of hydrogen-bond donors (Lipinski definition) is 1. The van der Waals surface area contributed by atoms with Gasteiger partial charge in [0.25, 0.3) is 0 Å². The monoisotopic (exact) mass is 234 g/mol. The van der Waals surface area contributed by atoms with Crippen LogP contribution in [-0.2, 0) is 4.79 Å². The molecule has 2 heteroatoms. The second kappa shape index (κ2) is 4.56. The number of hydrogen-bond acceptors (Lipinski definition) is 2. The largest absolute Gasteiger partial charge is 0.393 e. The molecule has 0 unspecified atom stereocenters. The minimum Gasteiger partial charge on any atom is -0.393 e. The Hall–Kier alpha value is -0.630. The first-order valence-corrected chi connectivity index (χ1v) is 7.13. The molecule has 3 rings (SSSR count). The second-order valence-electron chi connectivity index (χ2n) is 6.18. The molecule has 2 saturated carbocycles. The third-order valence-corrected chi connectivity index (χ3v) is 5.11. The fraction of sp³-hybridized carbons (Fsp3) is 0.800. The minimum absolute atomic E-state index is 0.0372. The zero-order chi connectivity index (χ0) is 11.8. The van der Waals surface area contributed by atoms with E-state index in [-0.39, 0.29) is 6.10 Å². The molecule has 0 bridgehead atoms. The van der Waals surface area contributed by atoms with Gasteiger partial charge in [-0.15, -0.1) is 0 Å². The van der Waals surface area contributed by atoms with Gasteiger partial charge in [-0.05, 0) is 68.8 Å². The lowest BCUT2D eigenvalue weighted by molar-refractivity contribution is -0.115. The molecule has 0 heterocycles. The fourth-order valence-electron chi connectivity index (χ4n) is 4.13. The van der Waals surface area contributed by atoms with Crippen molar-refractivity contribution in [3.8, 4) is 0 Å². The van der Waals surface area contributed by atoms with Crippen LogP contribution < -0.4 is 0 Å². The van der Waals surface area contributed by atoms with Gasteiger partial charge in [0, 0.05) is 6.42 Å². The van der Waals surface area contributed by atoms with Gasteiger partial charge in [0.15, 0.2) is 5.78 Å². The van der Waals surface area contributed by atoms with E-state index in [0.717, 1.165) is 43.9 Å². The second-order valence-corrected chi connectivity index (χ2v) is 6.18. The van der Waals surface area contributed by atoms with Gasteiger partial charge >= 0.3 is 0 Å². The van der Waals surface area contributed by atoms with Crippen molar-refractivity contribution in [2.45, 2.75) is 57.5 Å². The van der Waals surface area contributed by atoms with Crippen molar-refractivity contribution >= 4 is 5.78 Å². The number of rotatable bonds is 1. The van der Waals surface area contributed by atoms with E-state index < -0.39 is 0 Å². The molecule has 2 nitrogen and oxygen atoms in total. The number of ketones is 1. The normalized spacial score (nSPS) is 42.2. The van der Waals surface area contributed by atoms with Crippen LogP contribution in [0.15, 0.2) is 11.6 Å². The first kappa shape index (κ1) is 11.5. The van der Waals surface area contributed by atoms with Crippen LogP contribution in [0.25, 0.3) is 0 Å². The maximum Gasteiger partial charge on any atom is 0.155 e. The van der Waals surface area contributed by atoms with Crippen LogP contribution in [-0.4, -0.2) is 17.0 Å². The number of allylic oxidation sites excluding steroid dienone is 2. The van der Waals surface area contributed by atoms with Crippen LogP contribution in [0.2, 0.25) is 0 Å². The Morgan fingerprint density at radius 2 is 1.82 bits per heavy atom. The van der Waals surface area contributed by atoms with Crippen molar-refractivity contribution in [2.75, 3.05) is 0 Å².